The SMILES string of the molecule is CCC(CC)CC1(CNC)CC2CCC1C2. The van der Waals surface area contributed by atoms with Crippen molar-refractivity contribution in [3.63, 3.8) is 0 Å². The molecule has 2 aliphatic rings. The fourth-order valence-corrected chi connectivity index (χ4v) is 4.60. The molecule has 3 unspecified atom stereocenters. The average Bonchev–Trinajstić information content (AvgIpc) is 2.87. The molecule has 0 saturated heterocycles. The van der Waals surface area contributed by atoms with E-state index in [9.17, 15) is 0 Å². The van der Waals surface area contributed by atoms with Gasteiger partial charge in [-0.3, -0.25) is 0 Å². The average molecular weight is 223 g/mol. The van der Waals surface area contributed by atoms with Gasteiger partial charge in [-0.15, -0.1) is 0 Å². The minimum Gasteiger partial charge on any atom is -0.319 e. The lowest BCUT2D eigenvalue weighted by Crippen LogP contribution is -2.39. The Labute approximate surface area is 101 Å². The van der Waals surface area contributed by atoms with Gasteiger partial charge in [0.05, 0.1) is 0 Å². The Kier molecular flexibility index (Phi) is 3.94. The molecule has 2 fully saturated rings. The number of fused-ring (bicyclic) bond motifs is 2. The van der Waals surface area contributed by atoms with Crippen molar-refractivity contribution < 1.29 is 0 Å². The molecule has 0 aromatic rings. The summed E-state index contributed by atoms with van der Waals surface area (Å²) in [7, 11) is 2.14. The molecule has 3 atom stereocenters. The van der Waals surface area contributed by atoms with E-state index in [1.807, 2.05) is 0 Å². The minimum absolute atomic E-state index is 0.675. The van der Waals surface area contributed by atoms with Crippen LogP contribution in [0.5, 0.6) is 0 Å². The normalized spacial score (nSPS) is 37.5. The van der Waals surface area contributed by atoms with Crippen LogP contribution in [0.25, 0.3) is 0 Å². The zero-order chi connectivity index (χ0) is 11.6. The summed E-state index contributed by atoms with van der Waals surface area (Å²) in [5, 5.41) is 3.49. The molecule has 0 radical (unpaired) electrons. The Morgan fingerprint density at radius 3 is 2.44 bits per heavy atom. The fraction of sp³-hybridized carbons (Fsp3) is 1.00. The van der Waals surface area contributed by atoms with E-state index in [1.165, 1.54) is 45.1 Å². The Bertz CT molecular complexity index is 221. The molecule has 1 N–H and O–H groups in total. The van der Waals surface area contributed by atoms with E-state index in [0.29, 0.717) is 5.41 Å². The zero-order valence-corrected chi connectivity index (χ0v) is 11.4. The van der Waals surface area contributed by atoms with Gasteiger partial charge in [0.25, 0.3) is 0 Å². The highest BCUT2D eigenvalue weighted by Gasteiger charge is 2.50. The summed E-state index contributed by atoms with van der Waals surface area (Å²) in [5.74, 6) is 3.09. The van der Waals surface area contributed by atoms with Crippen molar-refractivity contribution >= 4 is 0 Å². The smallest absolute Gasteiger partial charge is 0.000767 e. The second kappa shape index (κ2) is 5.08. The third kappa shape index (κ3) is 2.16. The highest BCUT2D eigenvalue weighted by molar-refractivity contribution is 5.01. The molecular weight excluding hydrogens is 194 g/mol. The predicted octanol–water partition coefficient (Wildman–Crippen LogP) is 3.84. The van der Waals surface area contributed by atoms with Gasteiger partial charge in [-0.2, -0.15) is 0 Å². The Hall–Kier alpha value is -0.0400. The number of hydrogen-bond donors (Lipinski definition) is 1. The summed E-state index contributed by atoms with van der Waals surface area (Å²) >= 11 is 0. The first-order valence-corrected chi connectivity index (χ1v) is 7.38. The molecule has 2 saturated carbocycles. The second-order valence-electron chi connectivity index (χ2n) is 6.36. The molecule has 0 amide bonds. The molecule has 1 nitrogen and oxygen atoms in total. The number of rotatable bonds is 6. The summed E-state index contributed by atoms with van der Waals surface area (Å²) in [6.45, 7) is 6.01. The Balaban J connectivity index is 2.04. The van der Waals surface area contributed by atoms with Crippen LogP contribution in [-0.4, -0.2) is 13.6 Å². The fourth-order valence-electron chi connectivity index (χ4n) is 4.60. The molecule has 2 aliphatic carbocycles. The maximum atomic E-state index is 3.49. The summed E-state index contributed by atoms with van der Waals surface area (Å²) in [5.41, 5.74) is 0.675. The first kappa shape index (κ1) is 12.4. The number of hydrogen-bond acceptors (Lipinski definition) is 1. The predicted molar refractivity (Wildman–Crippen MR) is 70.5 cm³/mol. The topological polar surface area (TPSA) is 12.0 Å². The molecule has 0 heterocycles. The molecule has 16 heavy (non-hydrogen) atoms. The van der Waals surface area contributed by atoms with E-state index in [1.54, 1.807) is 6.42 Å². The van der Waals surface area contributed by atoms with Crippen LogP contribution < -0.4 is 5.32 Å². The van der Waals surface area contributed by atoms with Crippen molar-refractivity contribution in [1.29, 1.82) is 0 Å². The summed E-state index contributed by atoms with van der Waals surface area (Å²) < 4.78 is 0. The number of nitrogens with one attached hydrogen (secondary N) is 1. The van der Waals surface area contributed by atoms with E-state index >= 15 is 0 Å². The molecule has 0 aliphatic heterocycles. The van der Waals surface area contributed by atoms with Crippen molar-refractivity contribution in [1.82, 2.24) is 5.32 Å². The van der Waals surface area contributed by atoms with Gasteiger partial charge in [0.1, 0.15) is 0 Å². The van der Waals surface area contributed by atoms with Gasteiger partial charge in [-0.05, 0) is 55.9 Å². The lowest BCUT2D eigenvalue weighted by molar-refractivity contribution is 0.115. The molecule has 0 aromatic carbocycles. The van der Waals surface area contributed by atoms with Gasteiger partial charge in [0.15, 0.2) is 0 Å². The van der Waals surface area contributed by atoms with Crippen LogP contribution >= 0.6 is 0 Å². The molecular formula is C15H29N. The van der Waals surface area contributed by atoms with E-state index in [-0.39, 0.29) is 0 Å². The highest BCUT2D eigenvalue weighted by Crippen LogP contribution is 2.58. The quantitative estimate of drug-likeness (QED) is 0.721. The van der Waals surface area contributed by atoms with Crippen LogP contribution in [-0.2, 0) is 0 Å². The first-order chi connectivity index (χ1) is 7.74. The van der Waals surface area contributed by atoms with Gasteiger partial charge >= 0.3 is 0 Å². The maximum absolute atomic E-state index is 3.49. The van der Waals surface area contributed by atoms with Crippen LogP contribution in [0.4, 0.5) is 0 Å². The molecule has 1 heteroatoms. The summed E-state index contributed by atoms with van der Waals surface area (Å²) in [4.78, 5) is 0. The van der Waals surface area contributed by atoms with Crippen molar-refractivity contribution in [2.45, 2.75) is 58.8 Å². The van der Waals surface area contributed by atoms with Crippen molar-refractivity contribution in [2.24, 2.45) is 23.2 Å². The lowest BCUT2D eigenvalue weighted by atomic mass is 9.67. The van der Waals surface area contributed by atoms with E-state index in [0.717, 1.165) is 17.8 Å². The van der Waals surface area contributed by atoms with Gasteiger partial charge in [-0.1, -0.05) is 33.1 Å². The molecule has 2 bridgehead atoms. The summed E-state index contributed by atoms with van der Waals surface area (Å²) in [6.07, 6.45) is 10.4. The van der Waals surface area contributed by atoms with Gasteiger partial charge < -0.3 is 5.32 Å². The minimum atomic E-state index is 0.675. The third-order valence-corrected chi connectivity index (χ3v) is 5.48. The zero-order valence-electron chi connectivity index (χ0n) is 11.4. The molecule has 2 rings (SSSR count). The highest BCUT2D eigenvalue weighted by atomic mass is 14.8. The van der Waals surface area contributed by atoms with Crippen molar-refractivity contribution in [3.05, 3.63) is 0 Å². The molecule has 0 spiro atoms. The van der Waals surface area contributed by atoms with Crippen LogP contribution in [0.3, 0.4) is 0 Å². The second-order valence-corrected chi connectivity index (χ2v) is 6.36. The van der Waals surface area contributed by atoms with E-state index in [4.69, 9.17) is 0 Å². The van der Waals surface area contributed by atoms with Crippen LogP contribution in [0.2, 0.25) is 0 Å². The van der Waals surface area contributed by atoms with Crippen molar-refractivity contribution in [3.8, 4) is 0 Å². The van der Waals surface area contributed by atoms with Crippen LogP contribution in [0.1, 0.15) is 58.8 Å². The van der Waals surface area contributed by atoms with Crippen LogP contribution in [0.15, 0.2) is 0 Å². The molecule has 0 aromatic heterocycles. The van der Waals surface area contributed by atoms with E-state index in [2.05, 4.69) is 26.2 Å². The van der Waals surface area contributed by atoms with Gasteiger partial charge in [0, 0.05) is 6.54 Å². The van der Waals surface area contributed by atoms with Gasteiger partial charge in [-0.25, -0.2) is 0 Å². The Morgan fingerprint density at radius 1 is 1.25 bits per heavy atom. The van der Waals surface area contributed by atoms with E-state index < -0.39 is 0 Å². The summed E-state index contributed by atoms with van der Waals surface area (Å²) in [6, 6.07) is 0. The Morgan fingerprint density at radius 2 is 2.00 bits per heavy atom. The lowest BCUT2D eigenvalue weighted by Gasteiger charge is -2.40. The van der Waals surface area contributed by atoms with Gasteiger partial charge in [0.2, 0.25) is 0 Å². The van der Waals surface area contributed by atoms with Crippen LogP contribution in [0, 0.1) is 23.2 Å². The largest absolute Gasteiger partial charge is 0.319 e. The van der Waals surface area contributed by atoms with Crippen molar-refractivity contribution in [2.75, 3.05) is 13.6 Å². The first-order valence-electron chi connectivity index (χ1n) is 7.38. The standard InChI is InChI=1S/C15H29N/c1-4-12(5-2)9-15(11-16-3)10-13-6-7-14(15)8-13/h12-14,16H,4-11H2,1-3H3. The molecule has 94 valence electrons. The monoisotopic (exact) mass is 223 g/mol. The third-order valence-electron chi connectivity index (χ3n) is 5.48. The maximum Gasteiger partial charge on any atom is 0.000767 e.